The highest BCUT2D eigenvalue weighted by Crippen LogP contribution is 2.29. The summed E-state index contributed by atoms with van der Waals surface area (Å²) in [5.74, 6) is -0.461. The molecule has 0 bridgehead atoms. The minimum absolute atomic E-state index is 0.278. The SMILES string of the molecule is COC(=O)c1sc2nc3c4ccccc4cnn3c(=O)c2c1C. The molecule has 0 fully saturated rings. The summed E-state index contributed by atoms with van der Waals surface area (Å²) >= 11 is 1.17. The summed E-state index contributed by atoms with van der Waals surface area (Å²) in [5, 5.41) is 6.36. The quantitative estimate of drug-likeness (QED) is 0.397. The van der Waals surface area contributed by atoms with E-state index in [2.05, 4.69) is 10.1 Å². The molecular weight excluding hydrogens is 314 g/mol. The Morgan fingerprint density at radius 2 is 2.09 bits per heavy atom. The fraction of sp³-hybridized carbons (Fsp3) is 0.125. The molecule has 0 aliphatic rings. The van der Waals surface area contributed by atoms with Gasteiger partial charge in [0.25, 0.3) is 5.56 Å². The van der Waals surface area contributed by atoms with Crippen LogP contribution >= 0.6 is 11.3 Å². The number of aryl methyl sites for hydroxylation is 1. The molecule has 0 saturated heterocycles. The molecule has 0 aliphatic heterocycles. The van der Waals surface area contributed by atoms with E-state index in [0.29, 0.717) is 26.3 Å². The van der Waals surface area contributed by atoms with Crippen molar-refractivity contribution in [1.82, 2.24) is 14.6 Å². The summed E-state index contributed by atoms with van der Waals surface area (Å²) < 4.78 is 6.06. The van der Waals surface area contributed by atoms with Gasteiger partial charge < -0.3 is 4.74 Å². The number of nitrogens with zero attached hydrogens (tertiary/aromatic N) is 3. The molecule has 0 saturated carbocycles. The molecule has 0 spiro atoms. The first-order valence-electron chi connectivity index (χ1n) is 6.90. The summed E-state index contributed by atoms with van der Waals surface area (Å²) in [5.41, 5.74) is 0.789. The van der Waals surface area contributed by atoms with Crippen molar-refractivity contribution in [3.8, 4) is 0 Å². The molecule has 114 valence electrons. The van der Waals surface area contributed by atoms with Gasteiger partial charge in [0.15, 0.2) is 5.65 Å². The van der Waals surface area contributed by atoms with Gasteiger partial charge in [0.1, 0.15) is 9.71 Å². The van der Waals surface area contributed by atoms with Crippen LogP contribution < -0.4 is 5.56 Å². The van der Waals surface area contributed by atoms with Crippen LogP contribution in [0.1, 0.15) is 15.2 Å². The van der Waals surface area contributed by atoms with Gasteiger partial charge in [0.2, 0.25) is 0 Å². The first-order valence-corrected chi connectivity index (χ1v) is 7.71. The van der Waals surface area contributed by atoms with Gasteiger partial charge in [-0.3, -0.25) is 4.79 Å². The van der Waals surface area contributed by atoms with E-state index < -0.39 is 5.97 Å². The van der Waals surface area contributed by atoms with E-state index >= 15 is 0 Å². The van der Waals surface area contributed by atoms with Crippen molar-refractivity contribution in [3.05, 3.63) is 51.3 Å². The van der Waals surface area contributed by atoms with Crippen LogP contribution in [0.5, 0.6) is 0 Å². The molecule has 6 nitrogen and oxygen atoms in total. The van der Waals surface area contributed by atoms with Gasteiger partial charge in [0.05, 0.1) is 18.7 Å². The Kier molecular flexibility index (Phi) is 2.92. The first-order chi connectivity index (χ1) is 11.1. The summed E-state index contributed by atoms with van der Waals surface area (Å²) in [6, 6.07) is 7.60. The lowest BCUT2D eigenvalue weighted by molar-refractivity contribution is 0.0605. The molecule has 4 aromatic rings. The Morgan fingerprint density at radius 3 is 2.87 bits per heavy atom. The average molecular weight is 325 g/mol. The van der Waals surface area contributed by atoms with Gasteiger partial charge in [-0.25, -0.2) is 9.78 Å². The molecule has 7 heteroatoms. The highest BCUT2D eigenvalue weighted by Gasteiger charge is 2.21. The Hall–Kier alpha value is -2.80. The van der Waals surface area contributed by atoms with Crippen LogP contribution in [0.2, 0.25) is 0 Å². The van der Waals surface area contributed by atoms with Crippen molar-refractivity contribution >= 4 is 43.9 Å². The van der Waals surface area contributed by atoms with Gasteiger partial charge in [-0.1, -0.05) is 24.3 Å². The Morgan fingerprint density at radius 1 is 1.30 bits per heavy atom. The van der Waals surface area contributed by atoms with E-state index in [1.165, 1.54) is 23.0 Å². The molecule has 0 unspecified atom stereocenters. The predicted molar refractivity (Wildman–Crippen MR) is 88.2 cm³/mol. The van der Waals surface area contributed by atoms with Gasteiger partial charge in [-0.15, -0.1) is 11.3 Å². The summed E-state index contributed by atoms with van der Waals surface area (Å²) in [4.78, 5) is 30.1. The fourth-order valence-electron chi connectivity index (χ4n) is 2.68. The van der Waals surface area contributed by atoms with Gasteiger partial charge >= 0.3 is 5.97 Å². The van der Waals surface area contributed by atoms with Crippen LogP contribution in [0, 0.1) is 6.92 Å². The van der Waals surface area contributed by atoms with Crippen molar-refractivity contribution < 1.29 is 9.53 Å². The number of thiophene rings is 1. The first kappa shape index (κ1) is 13.8. The molecule has 0 aliphatic carbocycles. The standard InChI is InChI=1S/C16H11N3O3S/c1-8-11-14(23-12(8)16(21)22-2)18-13-10-6-4-3-5-9(10)7-17-19(13)15(11)20/h3-7H,1-2H3. The maximum absolute atomic E-state index is 12.8. The van der Waals surface area contributed by atoms with E-state index in [1.54, 1.807) is 13.1 Å². The number of carbonyl (C=O) groups is 1. The number of aromatic nitrogens is 3. The monoisotopic (exact) mass is 325 g/mol. The second-order valence-electron chi connectivity index (χ2n) is 5.11. The summed E-state index contributed by atoms with van der Waals surface area (Å²) in [6.07, 6.45) is 1.64. The number of carbonyl (C=O) groups excluding carboxylic acids is 1. The lowest BCUT2D eigenvalue weighted by atomic mass is 10.2. The topological polar surface area (TPSA) is 73.6 Å². The number of benzene rings is 1. The molecule has 4 rings (SSSR count). The fourth-order valence-corrected chi connectivity index (χ4v) is 3.77. The van der Waals surface area contributed by atoms with Crippen LogP contribution in [0.4, 0.5) is 0 Å². The number of hydrogen-bond donors (Lipinski definition) is 0. The van der Waals surface area contributed by atoms with Gasteiger partial charge in [-0.05, 0) is 12.5 Å². The number of hydrogen-bond acceptors (Lipinski definition) is 6. The van der Waals surface area contributed by atoms with Crippen LogP contribution in [0.15, 0.2) is 35.3 Å². The van der Waals surface area contributed by atoms with E-state index in [0.717, 1.165) is 10.8 Å². The van der Waals surface area contributed by atoms with Crippen LogP contribution in [0.25, 0.3) is 26.6 Å². The van der Waals surface area contributed by atoms with Crippen molar-refractivity contribution in [1.29, 1.82) is 0 Å². The Balaban J connectivity index is 2.21. The molecule has 23 heavy (non-hydrogen) atoms. The largest absolute Gasteiger partial charge is 0.465 e. The maximum Gasteiger partial charge on any atom is 0.348 e. The van der Waals surface area contributed by atoms with E-state index in [9.17, 15) is 9.59 Å². The lowest BCUT2D eigenvalue weighted by Crippen LogP contribution is -2.18. The molecule has 0 radical (unpaired) electrons. The normalized spacial score (nSPS) is 11.4. The van der Waals surface area contributed by atoms with Crippen LogP contribution in [0.3, 0.4) is 0 Å². The van der Waals surface area contributed by atoms with Crippen molar-refractivity contribution in [2.45, 2.75) is 6.92 Å². The number of fused-ring (bicyclic) bond motifs is 4. The number of esters is 1. The minimum Gasteiger partial charge on any atom is -0.465 e. The third-order valence-corrected chi connectivity index (χ3v) is 4.99. The molecule has 3 aromatic heterocycles. The number of methoxy groups -OCH3 is 1. The van der Waals surface area contributed by atoms with Crippen LogP contribution in [-0.2, 0) is 4.74 Å². The summed E-state index contributed by atoms with van der Waals surface area (Å²) in [7, 11) is 1.32. The number of rotatable bonds is 1. The second-order valence-corrected chi connectivity index (χ2v) is 6.11. The Labute approximate surface area is 134 Å². The summed E-state index contributed by atoms with van der Waals surface area (Å²) in [6.45, 7) is 1.72. The maximum atomic E-state index is 12.8. The third-order valence-electron chi connectivity index (χ3n) is 3.83. The average Bonchev–Trinajstić information content (AvgIpc) is 2.91. The van der Waals surface area contributed by atoms with Gasteiger partial charge in [0, 0.05) is 10.8 Å². The van der Waals surface area contributed by atoms with Crippen molar-refractivity contribution in [3.63, 3.8) is 0 Å². The van der Waals surface area contributed by atoms with Crippen molar-refractivity contribution in [2.75, 3.05) is 7.11 Å². The number of ether oxygens (including phenoxy) is 1. The molecule has 0 N–H and O–H groups in total. The minimum atomic E-state index is -0.461. The van der Waals surface area contributed by atoms with Crippen molar-refractivity contribution in [2.24, 2.45) is 0 Å². The highest BCUT2D eigenvalue weighted by molar-refractivity contribution is 7.20. The third kappa shape index (κ3) is 1.86. The zero-order valence-electron chi connectivity index (χ0n) is 12.4. The van der Waals surface area contributed by atoms with E-state index in [-0.39, 0.29) is 5.56 Å². The molecule has 3 heterocycles. The van der Waals surface area contributed by atoms with Gasteiger partial charge in [-0.2, -0.15) is 9.61 Å². The molecule has 0 atom stereocenters. The van der Waals surface area contributed by atoms with E-state index in [1.807, 2.05) is 24.3 Å². The van der Waals surface area contributed by atoms with Crippen LogP contribution in [-0.4, -0.2) is 27.7 Å². The molecule has 0 amide bonds. The molecular formula is C16H11N3O3S. The second kappa shape index (κ2) is 4.85. The predicted octanol–water partition coefficient (Wildman–Crippen LogP) is 2.55. The molecule has 1 aromatic carbocycles. The zero-order valence-corrected chi connectivity index (χ0v) is 13.2. The zero-order chi connectivity index (χ0) is 16.1. The lowest BCUT2D eigenvalue weighted by Gasteiger charge is -2.03. The Bertz CT molecular complexity index is 1160. The van der Waals surface area contributed by atoms with E-state index in [4.69, 9.17) is 4.74 Å². The highest BCUT2D eigenvalue weighted by atomic mass is 32.1. The smallest absolute Gasteiger partial charge is 0.348 e.